The normalized spacial score (nSPS) is 14.4. The molecule has 0 aliphatic rings. The molecule has 0 aromatic carbocycles. The lowest BCUT2D eigenvalue weighted by Crippen LogP contribution is -2.39. The van der Waals surface area contributed by atoms with Crippen molar-refractivity contribution in [2.45, 2.75) is 65.2 Å². The molecule has 0 saturated carbocycles. The summed E-state index contributed by atoms with van der Waals surface area (Å²) >= 11 is 1.87. The fraction of sp³-hybridized carbons (Fsp3) is 0.929. The lowest BCUT2D eigenvalue weighted by atomic mass is 9.89. The molecule has 3 nitrogen and oxygen atoms in total. The van der Waals surface area contributed by atoms with Crippen molar-refractivity contribution in [1.82, 2.24) is 5.32 Å². The van der Waals surface area contributed by atoms with Gasteiger partial charge in [-0.1, -0.05) is 41.5 Å². The van der Waals surface area contributed by atoms with Crippen LogP contribution in [0.25, 0.3) is 0 Å². The van der Waals surface area contributed by atoms with E-state index in [1.807, 2.05) is 32.5 Å². The summed E-state index contributed by atoms with van der Waals surface area (Å²) < 4.78 is 0.263. The van der Waals surface area contributed by atoms with Gasteiger partial charge in [-0.05, 0) is 17.6 Å². The summed E-state index contributed by atoms with van der Waals surface area (Å²) in [4.78, 5) is 11.6. The van der Waals surface area contributed by atoms with Crippen LogP contribution in [-0.2, 0) is 4.79 Å². The van der Waals surface area contributed by atoms with E-state index in [-0.39, 0.29) is 16.1 Å². The molecule has 4 heteroatoms. The number of nitrogens with one attached hydrogen (secondary N) is 1. The molecule has 0 bridgehead atoms. The predicted molar refractivity (Wildman–Crippen MR) is 79.9 cm³/mol. The van der Waals surface area contributed by atoms with Crippen molar-refractivity contribution >= 4 is 17.7 Å². The predicted octanol–water partition coefficient (Wildman–Crippen LogP) is 2.82. The molecule has 1 unspecified atom stereocenters. The van der Waals surface area contributed by atoms with Crippen molar-refractivity contribution < 1.29 is 9.90 Å². The number of hydrogen-bond acceptors (Lipinski definition) is 3. The minimum atomic E-state index is -0.495. The Morgan fingerprint density at radius 1 is 1.22 bits per heavy atom. The summed E-state index contributed by atoms with van der Waals surface area (Å²) in [6, 6.07) is 0. The van der Waals surface area contributed by atoms with Gasteiger partial charge in [0.05, 0.1) is 6.10 Å². The van der Waals surface area contributed by atoms with Gasteiger partial charge in [-0.3, -0.25) is 4.79 Å². The molecular weight excluding hydrogens is 246 g/mol. The largest absolute Gasteiger partial charge is 0.391 e. The number of amides is 1. The zero-order chi connectivity index (χ0) is 14.4. The average Bonchev–Trinajstić information content (AvgIpc) is 2.18. The molecule has 1 amide bonds. The maximum atomic E-state index is 11.6. The third kappa shape index (κ3) is 9.77. The summed E-state index contributed by atoms with van der Waals surface area (Å²) in [7, 11) is 0. The number of aliphatic hydroxyl groups excluding tert-OH is 1. The van der Waals surface area contributed by atoms with Crippen LogP contribution in [0.5, 0.6) is 0 Å². The molecule has 0 rings (SSSR count). The summed E-state index contributed by atoms with van der Waals surface area (Å²) in [5.41, 5.74) is -0.185. The lowest BCUT2D eigenvalue weighted by Gasteiger charge is -2.25. The van der Waals surface area contributed by atoms with Crippen LogP contribution in [0.3, 0.4) is 0 Å². The number of hydrogen-bond donors (Lipinski definition) is 2. The summed E-state index contributed by atoms with van der Waals surface area (Å²) in [5, 5.41) is 12.6. The summed E-state index contributed by atoms with van der Waals surface area (Å²) in [5.74, 6) is 1.03. The van der Waals surface area contributed by atoms with Gasteiger partial charge in [-0.15, -0.1) is 0 Å². The smallest absolute Gasteiger partial charge is 0.220 e. The van der Waals surface area contributed by atoms with E-state index in [2.05, 4.69) is 26.1 Å². The first-order valence-corrected chi connectivity index (χ1v) is 7.59. The molecule has 0 aromatic heterocycles. The lowest BCUT2D eigenvalue weighted by molar-refractivity contribution is -0.121. The van der Waals surface area contributed by atoms with Crippen LogP contribution in [-0.4, -0.2) is 34.2 Å². The Morgan fingerprint density at radius 2 is 1.78 bits per heavy atom. The average molecular weight is 275 g/mol. The van der Waals surface area contributed by atoms with E-state index in [0.717, 1.165) is 12.2 Å². The Bertz CT molecular complexity index is 254. The molecule has 0 aliphatic heterocycles. The fourth-order valence-corrected chi connectivity index (χ4v) is 2.12. The molecule has 1 atom stereocenters. The zero-order valence-corrected chi connectivity index (χ0v) is 13.5. The second-order valence-corrected chi connectivity index (χ2v) is 8.67. The minimum Gasteiger partial charge on any atom is -0.391 e. The Labute approximate surface area is 116 Å². The van der Waals surface area contributed by atoms with Gasteiger partial charge >= 0.3 is 0 Å². The Kier molecular flexibility index (Phi) is 7.30. The molecule has 2 N–H and O–H groups in total. The molecule has 0 spiro atoms. The SMILES string of the molecule is CC(C)(C)SCCCC(=O)NCC(O)C(C)(C)C. The van der Waals surface area contributed by atoms with Gasteiger partial charge in [-0.2, -0.15) is 11.8 Å². The van der Waals surface area contributed by atoms with Crippen LogP contribution in [0.1, 0.15) is 54.4 Å². The Morgan fingerprint density at radius 3 is 2.22 bits per heavy atom. The molecule has 0 saturated heterocycles. The Hall–Kier alpha value is -0.220. The topological polar surface area (TPSA) is 49.3 Å². The monoisotopic (exact) mass is 275 g/mol. The number of carbonyl (C=O) groups is 1. The van der Waals surface area contributed by atoms with Crippen LogP contribution in [0, 0.1) is 5.41 Å². The van der Waals surface area contributed by atoms with Crippen molar-refractivity contribution in [2.24, 2.45) is 5.41 Å². The van der Waals surface area contributed by atoms with E-state index in [1.54, 1.807) is 0 Å². The van der Waals surface area contributed by atoms with E-state index in [4.69, 9.17) is 0 Å². The minimum absolute atomic E-state index is 0.0350. The van der Waals surface area contributed by atoms with Crippen LogP contribution in [0.4, 0.5) is 0 Å². The highest BCUT2D eigenvalue weighted by Gasteiger charge is 2.22. The van der Waals surface area contributed by atoms with Crippen molar-refractivity contribution in [3.05, 3.63) is 0 Å². The third-order valence-electron chi connectivity index (χ3n) is 2.58. The maximum absolute atomic E-state index is 11.6. The van der Waals surface area contributed by atoms with Crippen LogP contribution in [0.15, 0.2) is 0 Å². The first kappa shape index (κ1) is 17.8. The second-order valence-electron chi connectivity index (χ2n) is 6.75. The van der Waals surface area contributed by atoms with Gasteiger partial charge in [0.15, 0.2) is 0 Å². The molecular formula is C14H29NO2S. The van der Waals surface area contributed by atoms with Gasteiger partial charge in [0.1, 0.15) is 0 Å². The molecule has 108 valence electrons. The first-order chi connectivity index (χ1) is 8.02. The molecule has 0 aromatic rings. The van der Waals surface area contributed by atoms with Crippen molar-refractivity contribution in [3.63, 3.8) is 0 Å². The highest BCUT2D eigenvalue weighted by atomic mass is 32.2. The van der Waals surface area contributed by atoms with Crippen molar-refractivity contribution in [2.75, 3.05) is 12.3 Å². The van der Waals surface area contributed by atoms with E-state index in [0.29, 0.717) is 13.0 Å². The van der Waals surface area contributed by atoms with Gasteiger partial charge in [0.2, 0.25) is 5.91 Å². The quantitative estimate of drug-likeness (QED) is 0.733. The number of rotatable bonds is 6. The summed E-state index contributed by atoms with van der Waals surface area (Å²) in [6.45, 7) is 12.8. The summed E-state index contributed by atoms with van der Waals surface area (Å²) in [6.07, 6.45) is 0.935. The zero-order valence-electron chi connectivity index (χ0n) is 12.7. The second kappa shape index (κ2) is 7.39. The number of thioether (sulfide) groups is 1. The van der Waals surface area contributed by atoms with Crippen molar-refractivity contribution in [3.8, 4) is 0 Å². The van der Waals surface area contributed by atoms with E-state index in [9.17, 15) is 9.90 Å². The Balaban J connectivity index is 3.67. The van der Waals surface area contributed by atoms with Gasteiger partial charge < -0.3 is 10.4 Å². The van der Waals surface area contributed by atoms with Crippen LogP contribution in [0.2, 0.25) is 0 Å². The molecule has 0 fully saturated rings. The van der Waals surface area contributed by atoms with Crippen LogP contribution < -0.4 is 5.32 Å². The highest BCUT2D eigenvalue weighted by molar-refractivity contribution is 8.00. The molecule has 0 radical (unpaired) electrons. The van der Waals surface area contributed by atoms with Gasteiger partial charge in [0, 0.05) is 17.7 Å². The standard InChI is InChI=1S/C14H29NO2S/c1-13(2,3)11(16)10-15-12(17)8-7-9-18-14(4,5)6/h11,16H,7-10H2,1-6H3,(H,15,17). The molecule has 0 aliphatic carbocycles. The van der Waals surface area contributed by atoms with E-state index >= 15 is 0 Å². The molecule has 0 heterocycles. The number of aliphatic hydroxyl groups is 1. The van der Waals surface area contributed by atoms with Gasteiger partial charge in [0.25, 0.3) is 0 Å². The van der Waals surface area contributed by atoms with Gasteiger partial charge in [-0.25, -0.2) is 0 Å². The van der Waals surface area contributed by atoms with E-state index < -0.39 is 6.10 Å². The van der Waals surface area contributed by atoms with E-state index in [1.165, 1.54) is 0 Å². The fourth-order valence-electron chi connectivity index (χ4n) is 1.22. The number of carbonyl (C=O) groups excluding carboxylic acids is 1. The van der Waals surface area contributed by atoms with Crippen LogP contribution >= 0.6 is 11.8 Å². The third-order valence-corrected chi connectivity index (χ3v) is 3.93. The van der Waals surface area contributed by atoms with Crippen molar-refractivity contribution in [1.29, 1.82) is 0 Å². The first-order valence-electron chi connectivity index (χ1n) is 6.61. The maximum Gasteiger partial charge on any atom is 0.220 e. The highest BCUT2D eigenvalue weighted by Crippen LogP contribution is 2.24. The molecule has 18 heavy (non-hydrogen) atoms.